The van der Waals surface area contributed by atoms with Crippen LogP contribution in [0.3, 0.4) is 0 Å². The molecule has 0 aliphatic carbocycles. The number of aryl methyl sites for hydroxylation is 2. The van der Waals surface area contributed by atoms with Crippen molar-refractivity contribution >= 4 is 23.9 Å². The summed E-state index contributed by atoms with van der Waals surface area (Å²) in [6.07, 6.45) is -0.353. The van der Waals surface area contributed by atoms with E-state index >= 15 is 0 Å². The summed E-state index contributed by atoms with van der Waals surface area (Å²) < 4.78 is 10.0. The highest BCUT2D eigenvalue weighted by Crippen LogP contribution is 2.27. The van der Waals surface area contributed by atoms with Crippen molar-refractivity contribution in [1.29, 1.82) is 0 Å². The van der Waals surface area contributed by atoms with Gasteiger partial charge in [-0.3, -0.25) is 14.4 Å². The third kappa shape index (κ3) is 9.87. The van der Waals surface area contributed by atoms with Crippen LogP contribution >= 0.6 is 0 Å². The van der Waals surface area contributed by atoms with Gasteiger partial charge in [0, 0.05) is 6.04 Å². The van der Waals surface area contributed by atoms with Crippen molar-refractivity contribution in [2.75, 3.05) is 13.7 Å². The number of rotatable bonds is 10. The van der Waals surface area contributed by atoms with Crippen LogP contribution in [0.4, 0.5) is 4.79 Å². The highest BCUT2D eigenvalue weighted by molar-refractivity contribution is 5.93. The Hall–Kier alpha value is -3.10. The van der Waals surface area contributed by atoms with Crippen LogP contribution < -0.4 is 10.6 Å². The van der Waals surface area contributed by atoms with Crippen molar-refractivity contribution in [2.24, 2.45) is 5.92 Å². The monoisotopic (exact) mass is 505 g/mol. The van der Waals surface area contributed by atoms with Gasteiger partial charge >= 0.3 is 12.1 Å². The first-order valence-corrected chi connectivity index (χ1v) is 12.3. The molecule has 0 radical (unpaired) electrons. The highest BCUT2D eigenvalue weighted by atomic mass is 16.6. The van der Waals surface area contributed by atoms with Gasteiger partial charge in [0.05, 0.1) is 7.11 Å². The van der Waals surface area contributed by atoms with Gasteiger partial charge < -0.3 is 25.0 Å². The Bertz CT molecular complexity index is 916. The van der Waals surface area contributed by atoms with Crippen molar-refractivity contribution < 1.29 is 28.7 Å². The smallest absolute Gasteiger partial charge is 0.408 e. The minimum atomic E-state index is -1.03. The summed E-state index contributed by atoms with van der Waals surface area (Å²) in [7, 11) is 1.23. The number of hydrogen-bond donors (Lipinski definition) is 2. The van der Waals surface area contributed by atoms with Crippen LogP contribution in [-0.4, -0.2) is 60.1 Å². The minimum absolute atomic E-state index is 0.0794. The molecule has 0 spiro atoms. The Morgan fingerprint density at radius 1 is 0.972 bits per heavy atom. The van der Waals surface area contributed by atoms with Crippen LogP contribution in [0.25, 0.3) is 0 Å². The molecule has 0 heterocycles. The van der Waals surface area contributed by atoms with Gasteiger partial charge in [0.15, 0.2) is 0 Å². The van der Waals surface area contributed by atoms with Gasteiger partial charge in [0.1, 0.15) is 24.2 Å². The van der Waals surface area contributed by atoms with Crippen LogP contribution in [0.15, 0.2) is 18.2 Å². The molecule has 1 rings (SSSR count). The van der Waals surface area contributed by atoms with Crippen molar-refractivity contribution in [3.05, 3.63) is 34.9 Å². The standard InChI is InChI=1S/C27H43N3O6/c1-16(2)11-21(29-26(34)36-27(7,8)9)25(33)30(17(3)4)23(24(32)28-15-22(31)35-10)20-13-18(5)12-19(6)14-20/h12-14,16-17,21,23H,11,15H2,1-10H3,(H,28,32)(H,29,34). The number of hydrogen-bond acceptors (Lipinski definition) is 6. The van der Waals surface area contributed by atoms with Crippen LogP contribution in [0.2, 0.25) is 0 Å². The van der Waals surface area contributed by atoms with E-state index in [9.17, 15) is 19.2 Å². The zero-order chi connectivity index (χ0) is 27.8. The molecule has 0 aliphatic heterocycles. The lowest BCUT2D eigenvalue weighted by molar-refractivity contribution is -0.146. The van der Waals surface area contributed by atoms with Crippen molar-refractivity contribution in [3.63, 3.8) is 0 Å². The maximum Gasteiger partial charge on any atom is 0.408 e. The normalized spacial score (nSPS) is 13.1. The quantitative estimate of drug-likeness (QED) is 0.468. The molecule has 0 fully saturated rings. The van der Waals surface area contributed by atoms with Gasteiger partial charge in [-0.2, -0.15) is 0 Å². The largest absolute Gasteiger partial charge is 0.468 e. The molecule has 202 valence electrons. The molecular formula is C27H43N3O6. The zero-order valence-electron chi connectivity index (χ0n) is 23.4. The van der Waals surface area contributed by atoms with Crippen molar-refractivity contribution in [2.45, 2.75) is 92.5 Å². The number of esters is 1. The fourth-order valence-corrected chi connectivity index (χ4v) is 3.94. The summed E-state index contributed by atoms with van der Waals surface area (Å²) in [5.41, 5.74) is 1.73. The minimum Gasteiger partial charge on any atom is -0.468 e. The number of nitrogens with one attached hydrogen (secondary N) is 2. The molecule has 0 bridgehead atoms. The maximum absolute atomic E-state index is 14.0. The molecule has 0 saturated carbocycles. The Morgan fingerprint density at radius 3 is 1.97 bits per heavy atom. The predicted octanol–water partition coefficient (Wildman–Crippen LogP) is 3.81. The second kappa shape index (κ2) is 13.3. The summed E-state index contributed by atoms with van der Waals surface area (Å²) in [6, 6.07) is 3.32. The van der Waals surface area contributed by atoms with E-state index in [1.165, 1.54) is 12.0 Å². The van der Waals surface area contributed by atoms with E-state index in [-0.39, 0.29) is 12.5 Å². The Kier molecular flexibility index (Phi) is 11.4. The Labute approximate surface area is 215 Å². The first-order chi connectivity index (χ1) is 16.5. The summed E-state index contributed by atoms with van der Waals surface area (Å²) in [4.78, 5) is 53.2. The fourth-order valence-electron chi connectivity index (χ4n) is 3.94. The van der Waals surface area contributed by atoms with E-state index in [1.807, 2.05) is 45.9 Å². The van der Waals surface area contributed by atoms with Gasteiger partial charge in [-0.1, -0.05) is 43.2 Å². The number of carbonyl (C=O) groups is 4. The molecule has 1 aromatic rings. The van der Waals surface area contributed by atoms with Gasteiger partial charge in [0.2, 0.25) is 11.8 Å². The second-order valence-electron chi connectivity index (χ2n) is 10.8. The maximum atomic E-state index is 14.0. The molecule has 9 nitrogen and oxygen atoms in total. The van der Waals surface area contributed by atoms with Crippen LogP contribution in [-0.2, 0) is 23.9 Å². The van der Waals surface area contributed by atoms with E-state index in [1.54, 1.807) is 34.6 Å². The molecule has 0 aliphatic rings. The topological polar surface area (TPSA) is 114 Å². The lowest BCUT2D eigenvalue weighted by Gasteiger charge is -2.37. The van der Waals surface area contributed by atoms with Crippen molar-refractivity contribution in [1.82, 2.24) is 15.5 Å². The Morgan fingerprint density at radius 2 is 1.53 bits per heavy atom. The van der Waals surface area contributed by atoms with Gasteiger partial charge in [-0.05, 0) is 66.4 Å². The summed E-state index contributed by atoms with van der Waals surface area (Å²) in [6.45, 7) is 16.2. The van der Waals surface area contributed by atoms with Crippen LogP contribution in [0, 0.1) is 19.8 Å². The number of benzene rings is 1. The number of alkyl carbamates (subject to hydrolysis) is 1. The number of methoxy groups -OCH3 is 1. The summed E-state index contributed by atoms with van der Waals surface area (Å²) >= 11 is 0. The van der Waals surface area contributed by atoms with E-state index in [2.05, 4.69) is 15.4 Å². The molecule has 0 saturated heterocycles. The molecule has 2 N–H and O–H groups in total. The summed E-state index contributed by atoms with van der Waals surface area (Å²) in [5, 5.41) is 5.30. The van der Waals surface area contributed by atoms with Gasteiger partial charge in [-0.15, -0.1) is 0 Å². The summed E-state index contributed by atoms with van der Waals surface area (Å²) in [5.74, 6) is -1.46. The zero-order valence-corrected chi connectivity index (χ0v) is 23.4. The average Bonchev–Trinajstić information content (AvgIpc) is 2.71. The van der Waals surface area contributed by atoms with Crippen LogP contribution in [0.5, 0.6) is 0 Å². The highest BCUT2D eigenvalue weighted by Gasteiger charge is 2.38. The predicted molar refractivity (Wildman–Crippen MR) is 138 cm³/mol. The number of carbonyl (C=O) groups excluding carboxylic acids is 4. The van der Waals surface area contributed by atoms with E-state index in [4.69, 9.17) is 4.74 Å². The average molecular weight is 506 g/mol. The van der Waals surface area contributed by atoms with Gasteiger partial charge in [-0.25, -0.2) is 4.79 Å². The van der Waals surface area contributed by atoms with E-state index in [0.29, 0.717) is 12.0 Å². The van der Waals surface area contributed by atoms with Gasteiger partial charge in [0.25, 0.3) is 0 Å². The molecule has 9 heteroatoms. The Balaban J connectivity index is 3.51. The first kappa shape index (κ1) is 30.9. The molecule has 3 amide bonds. The second-order valence-corrected chi connectivity index (χ2v) is 10.8. The number of ether oxygens (including phenoxy) is 2. The SMILES string of the molecule is COC(=O)CNC(=O)C(c1cc(C)cc(C)c1)N(C(=O)C(CC(C)C)NC(=O)OC(C)(C)C)C(C)C. The molecule has 0 aromatic heterocycles. The fraction of sp³-hybridized carbons (Fsp3) is 0.630. The third-order valence-corrected chi connectivity index (χ3v) is 5.23. The molecule has 36 heavy (non-hydrogen) atoms. The number of nitrogens with zero attached hydrogens (tertiary/aromatic N) is 1. The van der Waals surface area contributed by atoms with E-state index in [0.717, 1.165) is 11.1 Å². The number of amides is 3. The van der Waals surface area contributed by atoms with Crippen molar-refractivity contribution in [3.8, 4) is 0 Å². The molecule has 2 atom stereocenters. The molecule has 1 aromatic carbocycles. The lowest BCUT2D eigenvalue weighted by Crippen LogP contribution is -2.55. The molecule has 2 unspecified atom stereocenters. The first-order valence-electron chi connectivity index (χ1n) is 12.3. The third-order valence-electron chi connectivity index (χ3n) is 5.23. The van der Waals surface area contributed by atoms with Crippen LogP contribution in [0.1, 0.15) is 77.6 Å². The van der Waals surface area contributed by atoms with E-state index < -0.39 is 47.6 Å². The molecular weight excluding hydrogens is 462 g/mol. The lowest BCUT2D eigenvalue weighted by atomic mass is 9.96.